The van der Waals surface area contributed by atoms with Crippen LogP contribution in [0.25, 0.3) is 33.5 Å². The number of halogens is 1. The summed E-state index contributed by atoms with van der Waals surface area (Å²) >= 11 is 0. The maximum absolute atomic E-state index is 13.7. The minimum absolute atomic E-state index is 0.0951. The molecule has 0 saturated carbocycles. The van der Waals surface area contributed by atoms with Crippen molar-refractivity contribution in [2.24, 2.45) is 0 Å². The van der Waals surface area contributed by atoms with Gasteiger partial charge < -0.3 is 10.2 Å². The van der Waals surface area contributed by atoms with Crippen molar-refractivity contribution in [2.75, 3.05) is 5.73 Å². The molecule has 0 aliphatic carbocycles. The van der Waals surface area contributed by atoms with Gasteiger partial charge in [-0.2, -0.15) is 10.1 Å². The van der Waals surface area contributed by atoms with E-state index >= 15 is 0 Å². The monoisotopic (exact) mass is 269 g/mol. The Balaban J connectivity index is 2.05. The zero-order chi connectivity index (χ0) is 13.7. The van der Waals surface area contributed by atoms with Crippen molar-refractivity contribution in [3.8, 4) is 11.5 Å². The molecule has 4 aromatic rings. The van der Waals surface area contributed by atoms with E-state index in [9.17, 15) is 4.39 Å². The van der Waals surface area contributed by atoms with Crippen LogP contribution < -0.4 is 5.73 Å². The van der Waals surface area contributed by atoms with Crippen LogP contribution in [0.2, 0.25) is 0 Å². The third-order valence-corrected chi connectivity index (χ3v) is 3.06. The summed E-state index contributed by atoms with van der Waals surface area (Å²) in [6, 6.07) is 6.45. The molecule has 0 amide bonds. The molecule has 6 nitrogen and oxygen atoms in total. The highest BCUT2D eigenvalue weighted by Crippen LogP contribution is 2.31. The highest BCUT2D eigenvalue weighted by molar-refractivity contribution is 5.92. The summed E-state index contributed by atoms with van der Waals surface area (Å²) in [5.41, 5.74) is 6.84. The summed E-state index contributed by atoms with van der Waals surface area (Å²) in [6.45, 7) is 0. The second-order valence-electron chi connectivity index (χ2n) is 4.33. The second-order valence-corrected chi connectivity index (χ2v) is 4.33. The third-order valence-electron chi connectivity index (χ3n) is 3.06. The van der Waals surface area contributed by atoms with Crippen LogP contribution in [0, 0.1) is 5.82 Å². The van der Waals surface area contributed by atoms with Crippen molar-refractivity contribution < 1.29 is 8.81 Å². The second kappa shape index (κ2) is 3.77. The highest BCUT2D eigenvalue weighted by atomic mass is 19.1. The number of aromatic amines is 1. The first-order chi connectivity index (χ1) is 9.72. The van der Waals surface area contributed by atoms with Gasteiger partial charge in [0.05, 0.1) is 11.6 Å². The number of hydrogen-bond acceptors (Lipinski definition) is 5. The number of nitrogens with zero attached hydrogens (tertiary/aromatic N) is 3. The standard InChI is InChI=1S/C13H8FN5O/c14-8-3-1-2-6-4-9(20-11(6)8)10-7-5-16-19-12(7)18-13(15)17-10/h1-5H,(H3,15,16,17,18,19). The number of benzene rings is 1. The molecule has 0 unspecified atom stereocenters. The van der Waals surface area contributed by atoms with E-state index < -0.39 is 5.82 Å². The Morgan fingerprint density at radius 1 is 1.25 bits per heavy atom. The van der Waals surface area contributed by atoms with Crippen LogP contribution >= 0.6 is 0 Å². The molecular formula is C13H8FN5O. The maximum atomic E-state index is 13.7. The van der Waals surface area contributed by atoms with E-state index in [-0.39, 0.29) is 11.5 Å². The van der Waals surface area contributed by atoms with Gasteiger partial charge in [-0.1, -0.05) is 12.1 Å². The number of furan rings is 1. The average molecular weight is 269 g/mol. The van der Waals surface area contributed by atoms with Crippen LogP contribution in [0.1, 0.15) is 0 Å². The Labute approximate surface area is 111 Å². The van der Waals surface area contributed by atoms with Gasteiger partial charge >= 0.3 is 0 Å². The molecule has 0 atom stereocenters. The van der Waals surface area contributed by atoms with Crippen molar-refractivity contribution in [2.45, 2.75) is 0 Å². The number of para-hydroxylation sites is 1. The van der Waals surface area contributed by atoms with Crippen LogP contribution in [0.15, 0.2) is 34.9 Å². The van der Waals surface area contributed by atoms with E-state index in [1.165, 1.54) is 6.07 Å². The van der Waals surface area contributed by atoms with Gasteiger partial charge in [-0.3, -0.25) is 5.10 Å². The van der Waals surface area contributed by atoms with Gasteiger partial charge in [0.25, 0.3) is 0 Å². The van der Waals surface area contributed by atoms with Crippen LogP contribution in [-0.4, -0.2) is 20.2 Å². The quantitative estimate of drug-likeness (QED) is 0.553. The predicted molar refractivity (Wildman–Crippen MR) is 71.3 cm³/mol. The molecule has 3 N–H and O–H groups in total. The minimum Gasteiger partial charge on any atom is -0.451 e. The minimum atomic E-state index is -0.417. The van der Waals surface area contributed by atoms with E-state index in [2.05, 4.69) is 20.2 Å². The molecule has 98 valence electrons. The molecule has 0 aliphatic heterocycles. The Morgan fingerprint density at radius 2 is 2.15 bits per heavy atom. The molecule has 0 bridgehead atoms. The van der Waals surface area contributed by atoms with Gasteiger partial charge in [0.2, 0.25) is 5.95 Å². The number of nitrogens with one attached hydrogen (secondary N) is 1. The molecule has 0 radical (unpaired) electrons. The molecule has 4 rings (SSSR count). The number of aromatic nitrogens is 4. The molecule has 1 aromatic carbocycles. The summed E-state index contributed by atoms with van der Waals surface area (Å²) in [5.74, 6) is 0.0995. The first-order valence-corrected chi connectivity index (χ1v) is 5.87. The highest BCUT2D eigenvalue weighted by Gasteiger charge is 2.15. The summed E-state index contributed by atoms with van der Waals surface area (Å²) in [6.07, 6.45) is 1.58. The van der Waals surface area contributed by atoms with Gasteiger partial charge in [0, 0.05) is 5.39 Å². The van der Waals surface area contributed by atoms with Crippen molar-refractivity contribution >= 4 is 28.0 Å². The van der Waals surface area contributed by atoms with Crippen LogP contribution in [0.4, 0.5) is 10.3 Å². The fourth-order valence-electron chi connectivity index (χ4n) is 2.18. The molecule has 3 aromatic heterocycles. The van der Waals surface area contributed by atoms with Crippen molar-refractivity contribution in [3.05, 3.63) is 36.3 Å². The lowest BCUT2D eigenvalue weighted by Gasteiger charge is -1.99. The van der Waals surface area contributed by atoms with Crippen molar-refractivity contribution in [3.63, 3.8) is 0 Å². The normalized spacial score (nSPS) is 11.4. The molecule has 0 fully saturated rings. The molecule has 0 aliphatic rings. The fourth-order valence-corrected chi connectivity index (χ4v) is 2.18. The van der Waals surface area contributed by atoms with Gasteiger partial charge in [-0.05, 0) is 12.1 Å². The number of hydrogen-bond donors (Lipinski definition) is 2. The lowest BCUT2D eigenvalue weighted by molar-refractivity contribution is 0.568. The maximum Gasteiger partial charge on any atom is 0.222 e. The van der Waals surface area contributed by atoms with Gasteiger partial charge in [-0.25, -0.2) is 9.37 Å². The van der Waals surface area contributed by atoms with Crippen molar-refractivity contribution in [1.82, 2.24) is 20.2 Å². The molecule has 20 heavy (non-hydrogen) atoms. The van der Waals surface area contributed by atoms with E-state index in [1.54, 1.807) is 24.4 Å². The van der Waals surface area contributed by atoms with Crippen LogP contribution in [0.3, 0.4) is 0 Å². The first kappa shape index (κ1) is 10.9. The largest absolute Gasteiger partial charge is 0.451 e. The fraction of sp³-hybridized carbons (Fsp3) is 0. The molecule has 0 saturated heterocycles. The summed E-state index contributed by atoms with van der Waals surface area (Å²) in [7, 11) is 0. The lowest BCUT2D eigenvalue weighted by atomic mass is 10.2. The van der Waals surface area contributed by atoms with Gasteiger partial charge in [-0.15, -0.1) is 0 Å². The number of rotatable bonds is 1. The van der Waals surface area contributed by atoms with Gasteiger partial charge in [0.15, 0.2) is 22.8 Å². The van der Waals surface area contributed by atoms with Crippen molar-refractivity contribution in [1.29, 1.82) is 0 Å². The topological polar surface area (TPSA) is 93.6 Å². The molecule has 7 heteroatoms. The zero-order valence-corrected chi connectivity index (χ0v) is 10.1. The Kier molecular flexibility index (Phi) is 2.06. The zero-order valence-electron chi connectivity index (χ0n) is 10.1. The molecule has 3 heterocycles. The van der Waals surface area contributed by atoms with Crippen LogP contribution in [-0.2, 0) is 0 Å². The predicted octanol–water partition coefficient (Wildman–Crippen LogP) is 2.49. The lowest BCUT2D eigenvalue weighted by Crippen LogP contribution is -1.96. The summed E-state index contributed by atoms with van der Waals surface area (Å²) in [5, 5.41) is 7.95. The van der Waals surface area contributed by atoms with E-state index in [4.69, 9.17) is 10.2 Å². The average Bonchev–Trinajstić information content (AvgIpc) is 3.04. The number of nitrogen functional groups attached to an aromatic ring is 1. The number of fused-ring (bicyclic) bond motifs is 2. The van der Waals surface area contributed by atoms with Gasteiger partial charge in [0.1, 0.15) is 5.69 Å². The summed E-state index contributed by atoms with van der Waals surface area (Å²) < 4.78 is 19.2. The van der Waals surface area contributed by atoms with E-state index in [1.807, 2.05) is 0 Å². The smallest absolute Gasteiger partial charge is 0.222 e. The Morgan fingerprint density at radius 3 is 3.00 bits per heavy atom. The first-order valence-electron chi connectivity index (χ1n) is 5.87. The molecule has 0 spiro atoms. The third kappa shape index (κ3) is 1.46. The van der Waals surface area contributed by atoms with E-state index in [0.29, 0.717) is 27.9 Å². The van der Waals surface area contributed by atoms with Crippen LogP contribution in [0.5, 0.6) is 0 Å². The summed E-state index contributed by atoms with van der Waals surface area (Å²) in [4.78, 5) is 8.19. The number of nitrogens with two attached hydrogens (primary N) is 1. The SMILES string of the molecule is Nc1nc(-c2cc3cccc(F)c3o2)c2cn[nH]c2n1. The number of H-pyrrole nitrogens is 1. The van der Waals surface area contributed by atoms with E-state index in [0.717, 1.165) is 0 Å². The Hall–Kier alpha value is -2.96. The Bertz CT molecular complexity index is 942. The number of anilines is 1. The molecular weight excluding hydrogens is 261 g/mol.